The molecule has 0 aliphatic carbocycles. The van der Waals surface area contributed by atoms with Crippen molar-refractivity contribution in [1.29, 1.82) is 0 Å². The molecule has 26 heavy (non-hydrogen) atoms. The molecule has 0 aliphatic rings. The highest BCUT2D eigenvalue weighted by Gasteiger charge is 2.15. The molecular formula is C18H19ClN2O5. The summed E-state index contributed by atoms with van der Waals surface area (Å²) < 4.78 is 15.8. The Morgan fingerprint density at radius 1 is 0.962 bits per heavy atom. The average Bonchev–Trinajstić information content (AvgIpc) is 2.66. The van der Waals surface area contributed by atoms with E-state index in [1.54, 1.807) is 62.6 Å². The number of benzene rings is 2. The number of carbonyl (C=O) groups excluding carboxylic acids is 2. The number of amides is 2. The van der Waals surface area contributed by atoms with Gasteiger partial charge in [-0.3, -0.25) is 20.4 Å². The van der Waals surface area contributed by atoms with Gasteiger partial charge in [-0.1, -0.05) is 11.6 Å². The van der Waals surface area contributed by atoms with Gasteiger partial charge >= 0.3 is 0 Å². The lowest BCUT2D eigenvalue weighted by Gasteiger charge is -2.15. The maximum atomic E-state index is 11.9. The normalized spacial score (nSPS) is 11.2. The fraction of sp³-hybridized carbons (Fsp3) is 0.222. The number of methoxy groups -OCH3 is 1. The number of hydrazine groups is 1. The number of nitrogens with one attached hydrogen (secondary N) is 2. The van der Waals surface area contributed by atoms with E-state index in [0.29, 0.717) is 22.3 Å². The summed E-state index contributed by atoms with van der Waals surface area (Å²) in [6.07, 6.45) is -0.806. The highest BCUT2D eigenvalue weighted by molar-refractivity contribution is 6.30. The number of hydrogen-bond donors (Lipinski definition) is 2. The molecule has 8 heteroatoms. The lowest BCUT2D eigenvalue weighted by atomic mass is 10.3. The van der Waals surface area contributed by atoms with Crippen molar-refractivity contribution < 1.29 is 23.8 Å². The second-order valence-electron chi connectivity index (χ2n) is 5.22. The van der Waals surface area contributed by atoms with Crippen molar-refractivity contribution in [2.45, 2.75) is 13.0 Å². The number of carbonyl (C=O) groups is 2. The van der Waals surface area contributed by atoms with Crippen molar-refractivity contribution in [3.05, 3.63) is 53.6 Å². The van der Waals surface area contributed by atoms with Crippen LogP contribution in [0.3, 0.4) is 0 Å². The minimum absolute atomic E-state index is 0.251. The monoisotopic (exact) mass is 378 g/mol. The first-order valence-corrected chi connectivity index (χ1v) is 8.13. The molecule has 2 rings (SSSR count). The van der Waals surface area contributed by atoms with Gasteiger partial charge in [0.1, 0.15) is 17.2 Å². The van der Waals surface area contributed by atoms with Crippen molar-refractivity contribution in [3.8, 4) is 17.2 Å². The van der Waals surface area contributed by atoms with E-state index in [1.807, 2.05) is 0 Å². The molecular weight excluding hydrogens is 360 g/mol. The van der Waals surface area contributed by atoms with Gasteiger partial charge in [0.2, 0.25) is 0 Å². The van der Waals surface area contributed by atoms with Crippen LogP contribution in [0.15, 0.2) is 48.5 Å². The summed E-state index contributed by atoms with van der Waals surface area (Å²) in [6, 6.07) is 13.4. The minimum Gasteiger partial charge on any atom is -0.497 e. The van der Waals surface area contributed by atoms with E-state index in [4.69, 9.17) is 25.8 Å². The van der Waals surface area contributed by atoms with E-state index in [2.05, 4.69) is 10.9 Å². The zero-order chi connectivity index (χ0) is 18.9. The molecule has 2 aromatic rings. The molecule has 0 heterocycles. The Morgan fingerprint density at radius 2 is 1.54 bits per heavy atom. The van der Waals surface area contributed by atoms with E-state index in [-0.39, 0.29) is 6.61 Å². The summed E-state index contributed by atoms with van der Waals surface area (Å²) in [7, 11) is 1.56. The molecule has 0 saturated heterocycles. The molecule has 7 nitrogen and oxygen atoms in total. The van der Waals surface area contributed by atoms with Gasteiger partial charge in [0, 0.05) is 5.02 Å². The van der Waals surface area contributed by atoms with Crippen molar-refractivity contribution >= 4 is 23.4 Å². The Hall–Kier alpha value is -2.93. The fourth-order valence-corrected chi connectivity index (χ4v) is 1.99. The Labute approximate surface area is 156 Å². The van der Waals surface area contributed by atoms with E-state index in [1.165, 1.54) is 0 Å². The molecule has 0 bridgehead atoms. The van der Waals surface area contributed by atoms with Crippen molar-refractivity contribution in [1.82, 2.24) is 10.9 Å². The summed E-state index contributed by atoms with van der Waals surface area (Å²) >= 11 is 5.78. The van der Waals surface area contributed by atoms with Gasteiger partial charge in [0.05, 0.1) is 7.11 Å². The first-order valence-electron chi connectivity index (χ1n) is 7.75. The topological polar surface area (TPSA) is 85.9 Å². The molecule has 0 saturated carbocycles. The highest BCUT2D eigenvalue weighted by atomic mass is 35.5. The summed E-state index contributed by atoms with van der Waals surface area (Å²) in [4.78, 5) is 23.7. The largest absolute Gasteiger partial charge is 0.497 e. The Morgan fingerprint density at radius 3 is 2.15 bits per heavy atom. The van der Waals surface area contributed by atoms with Crippen molar-refractivity contribution in [2.75, 3.05) is 13.7 Å². The minimum atomic E-state index is -0.806. The van der Waals surface area contributed by atoms with E-state index >= 15 is 0 Å². The fourth-order valence-electron chi connectivity index (χ4n) is 1.86. The number of ether oxygens (including phenoxy) is 3. The standard InChI is InChI=1S/C18H19ClN2O5/c1-12(26-16-5-3-13(19)4-6-16)18(23)21-20-17(22)11-25-15-9-7-14(24-2)8-10-15/h3-10,12H,11H2,1-2H3,(H,20,22)(H,21,23)/t12-/m1/s1. The van der Waals surface area contributed by atoms with Gasteiger partial charge in [-0.05, 0) is 55.5 Å². The molecule has 138 valence electrons. The van der Waals surface area contributed by atoms with Gasteiger partial charge in [-0.15, -0.1) is 0 Å². The van der Waals surface area contributed by atoms with Crippen LogP contribution in [0, 0.1) is 0 Å². The van der Waals surface area contributed by atoms with Gasteiger partial charge in [-0.2, -0.15) is 0 Å². The maximum Gasteiger partial charge on any atom is 0.279 e. The zero-order valence-electron chi connectivity index (χ0n) is 14.3. The first kappa shape index (κ1) is 19.4. The molecule has 0 aliphatic heterocycles. The Balaban J connectivity index is 1.71. The zero-order valence-corrected chi connectivity index (χ0v) is 15.1. The maximum absolute atomic E-state index is 11.9. The molecule has 0 fully saturated rings. The second-order valence-corrected chi connectivity index (χ2v) is 5.65. The van der Waals surface area contributed by atoms with E-state index < -0.39 is 17.9 Å². The van der Waals surface area contributed by atoms with Crippen LogP contribution in [-0.2, 0) is 9.59 Å². The quantitative estimate of drug-likeness (QED) is 0.722. The highest BCUT2D eigenvalue weighted by Crippen LogP contribution is 2.17. The molecule has 2 N–H and O–H groups in total. The Kier molecular flexibility index (Phi) is 7.11. The number of rotatable bonds is 7. The van der Waals surface area contributed by atoms with E-state index in [9.17, 15) is 9.59 Å². The van der Waals surface area contributed by atoms with E-state index in [0.717, 1.165) is 0 Å². The molecule has 2 aromatic carbocycles. The molecule has 0 spiro atoms. The lowest BCUT2D eigenvalue weighted by molar-refractivity contribution is -0.133. The summed E-state index contributed by atoms with van der Waals surface area (Å²) in [5, 5.41) is 0.568. The van der Waals surface area contributed by atoms with Crippen LogP contribution in [0.2, 0.25) is 5.02 Å². The third kappa shape index (κ3) is 6.18. The van der Waals surface area contributed by atoms with Crippen LogP contribution >= 0.6 is 11.6 Å². The predicted octanol–water partition coefficient (Wildman–Crippen LogP) is 2.34. The first-order chi connectivity index (χ1) is 12.5. The summed E-state index contributed by atoms with van der Waals surface area (Å²) in [5.74, 6) is 0.673. The summed E-state index contributed by atoms with van der Waals surface area (Å²) in [5.41, 5.74) is 4.54. The third-order valence-electron chi connectivity index (χ3n) is 3.25. The van der Waals surface area contributed by atoms with Crippen LogP contribution in [0.4, 0.5) is 0 Å². The number of hydrogen-bond acceptors (Lipinski definition) is 5. The van der Waals surface area contributed by atoms with Gasteiger partial charge < -0.3 is 14.2 Å². The van der Waals surface area contributed by atoms with Crippen LogP contribution in [0.1, 0.15) is 6.92 Å². The van der Waals surface area contributed by atoms with Crippen molar-refractivity contribution in [2.24, 2.45) is 0 Å². The summed E-state index contributed by atoms with van der Waals surface area (Å²) in [6.45, 7) is 1.31. The van der Waals surface area contributed by atoms with Crippen LogP contribution in [-0.4, -0.2) is 31.6 Å². The molecule has 0 radical (unpaired) electrons. The smallest absolute Gasteiger partial charge is 0.279 e. The predicted molar refractivity (Wildman–Crippen MR) is 96.3 cm³/mol. The SMILES string of the molecule is COc1ccc(OCC(=O)NNC(=O)[C@@H](C)Oc2ccc(Cl)cc2)cc1. The van der Waals surface area contributed by atoms with Gasteiger partial charge in [-0.25, -0.2) is 0 Å². The molecule has 0 aromatic heterocycles. The van der Waals surface area contributed by atoms with Gasteiger partial charge in [0.15, 0.2) is 12.7 Å². The van der Waals surface area contributed by atoms with Gasteiger partial charge in [0.25, 0.3) is 11.8 Å². The van der Waals surface area contributed by atoms with Crippen LogP contribution in [0.25, 0.3) is 0 Å². The molecule has 1 atom stereocenters. The lowest BCUT2D eigenvalue weighted by Crippen LogP contribution is -2.48. The Bertz CT molecular complexity index is 734. The average molecular weight is 379 g/mol. The van der Waals surface area contributed by atoms with Crippen LogP contribution < -0.4 is 25.1 Å². The van der Waals surface area contributed by atoms with Crippen molar-refractivity contribution in [3.63, 3.8) is 0 Å². The second kappa shape index (κ2) is 9.53. The molecule has 0 unspecified atom stereocenters. The third-order valence-corrected chi connectivity index (χ3v) is 3.50. The number of halogens is 1. The van der Waals surface area contributed by atoms with Crippen LogP contribution in [0.5, 0.6) is 17.2 Å². The molecule has 2 amide bonds.